The lowest BCUT2D eigenvalue weighted by molar-refractivity contribution is -0.220. The summed E-state index contributed by atoms with van der Waals surface area (Å²) in [6.45, 7) is 8.79. The number of hydrogen-bond donors (Lipinski definition) is 1. The molecule has 0 saturated carbocycles. The van der Waals surface area contributed by atoms with Crippen molar-refractivity contribution in [2.24, 2.45) is 5.92 Å². The lowest BCUT2D eigenvalue weighted by atomic mass is 10.00. The number of hydrogen-bond acceptors (Lipinski definition) is 4. The number of carbonyl (C=O) groups is 1. The van der Waals surface area contributed by atoms with Crippen LogP contribution in [0.2, 0.25) is 0 Å². The van der Waals surface area contributed by atoms with Crippen LogP contribution in [0.4, 0.5) is 4.79 Å². The normalized spacial score (nSPS) is 23.5. The number of rotatable bonds is 6. The molecule has 1 aliphatic heterocycles. The van der Waals surface area contributed by atoms with Gasteiger partial charge in [0, 0.05) is 6.42 Å². The van der Waals surface area contributed by atoms with Crippen molar-refractivity contribution in [2.75, 3.05) is 6.61 Å². The van der Waals surface area contributed by atoms with Gasteiger partial charge in [0.1, 0.15) is 6.10 Å². The Hall–Kier alpha value is -2.11. The molecule has 1 saturated heterocycles. The Morgan fingerprint density at radius 3 is 2.64 bits per heavy atom. The van der Waals surface area contributed by atoms with Gasteiger partial charge in [0.25, 0.3) is 0 Å². The fourth-order valence-electron chi connectivity index (χ4n) is 3.56. The number of carbonyl (C=O) groups excluding carboxylic acids is 1. The third kappa shape index (κ3) is 5.24. The Labute approximate surface area is 167 Å². The number of amides is 1. The minimum absolute atomic E-state index is 0.152. The van der Waals surface area contributed by atoms with E-state index >= 15 is 0 Å². The first-order chi connectivity index (χ1) is 13.4. The van der Waals surface area contributed by atoms with Crippen molar-refractivity contribution in [3.8, 4) is 0 Å². The van der Waals surface area contributed by atoms with Gasteiger partial charge in [-0.2, -0.15) is 0 Å². The first-order valence-electron chi connectivity index (χ1n) is 10.2. The Balaban J connectivity index is 1.54. The number of fused-ring (bicyclic) bond motifs is 1. The predicted molar refractivity (Wildman–Crippen MR) is 110 cm³/mol. The molecule has 1 fully saturated rings. The van der Waals surface area contributed by atoms with Crippen LogP contribution in [-0.4, -0.2) is 31.2 Å². The first-order valence-corrected chi connectivity index (χ1v) is 10.2. The molecular formula is C23H31NO4. The molecule has 2 aromatic carbocycles. The van der Waals surface area contributed by atoms with Crippen LogP contribution in [0.1, 0.15) is 52.1 Å². The Kier molecular flexibility index (Phi) is 6.92. The average Bonchev–Trinajstić information content (AvgIpc) is 2.67. The van der Waals surface area contributed by atoms with Crippen LogP contribution < -0.4 is 5.32 Å². The minimum atomic E-state index is -0.414. The van der Waals surface area contributed by atoms with Gasteiger partial charge in [-0.1, -0.05) is 56.3 Å². The van der Waals surface area contributed by atoms with Crippen molar-refractivity contribution in [3.63, 3.8) is 0 Å². The zero-order valence-corrected chi connectivity index (χ0v) is 17.2. The Bertz CT molecular complexity index is 786. The molecule has 5 nitrogen and oxygen atoms in total. The van der Waals surface area contributed by atoms with Gasteiger partial charge in [-0.3, -0.25) is 0 Å². The van der Waals surface area contributed by atoms with Crippen molar-refractivity contribution in [1.82, 2.24) is 5.32 Å². The Morgan fingerprint density at radius 1 is 1.14 bits per heavy atom. The van der Waals surface area contributed by atoms with Crippen LogP contribution in [0, 0.1) is 5.92 Å². The lowest BCUT2D eigenvalue weighted by Gasteiger charge is -2.34. The van der Waals surface area contributed by atoms with Gasteiger partial charge in [0.2, 0.25) is 0 Å². The molecule has 4 atom stereocenters. The zero-order valence-electron chi connectivity index (χ0n) is 17.2. The van der Waals surface area contributed by atoms with E-state index in [4.69, 9.17) is 14.2 Å². The highest BCUT2D eigenvalue weighted by Gasteiger charge is 2.31. The number of ether oxygens (including phenoxy) is 3. The van der Waals surface area contributed by atoms with E-state index in [2.05, 4.69) is 37.4 Å². The standard InChI is InChI=1S/C23H31NO4/c1-15(2)14-26-22-13-12-21(17(4)27-22)28-23(25)24-16(3)19-11-7-9-18-8-5-6-10-20(18)19/h5-11,15-17,21-22H,12-14H2,1-4H3,(H,24,25)/t16-,17+,21-,22+/m1/s1. The zero-order chi connectivity index (χ0) is 20.1. The average molecular weight is 386 g/mol. The number of alkyl carbamates (subject to hydrolysis) is 1. The second-order valence-corrected chi connectivity index (χ2v) is 7.95. The highest BCUT2D eigenvalue weighted by molar-refractivity contribution is 5.86. The van der Waals surface area contributed by atoms with Crippen LogP contribution in [0.3, 0.4) is 0 Å². The van der Waals surface area contributed by atoms with E-state index in [0.717, 1.165) is 29.2 Å². The van der Waals surface area contributed by atoms with E-state index in [-0.39, 0.29) is 24.5 Å². The van der Waals surface area contributed by atoms with E-state index in [9.17, 15) is 4.79 Å². The monoisotopic (exact) mass is 385 g/mol. The molecule has 152 valence electrons. The largest absolute Gasteiger partial charge is 0.443 e. The van der Waals surface area contributed by atoms with Gasteiger partial charge in [-0.05, 0) is 42.5 Å². The van der Waals surface area contributed by atoms with Crippen LogP contribution in [0.25, 0.3) is 10.8 Å². The van der Waals surface area contributed by atoms with Crippen LogP contribution in [0.5, 0.6) is 0 Å². The molecular weight excluding hydrogens is 354 g/mol. The summed E-state index contributed by atoms with van der Waals surface area (Å²) in [6, 6.07) is 14.1. The first kappa shape index (κ1) is 20.6. The summed E-state index contributed by atoms with van der Waals surface area (Å²) in [5, 5.41) is 5.25. The third-order valence-corrected chi connectivity index (χ3v) is 5.07. The van der Waals surface area contributed by atoms with Gasteiger partial charge in [-0.25, -0.2) is 4.79 Å². The van der Waals surface area contributed by atoms with E-state index in [0.29, 0.717) is 12.5 Å². The second kappa shape index (κ2) is 9.39. The summed E-state index contributed by atoms with van der Waals surface area (Å²) in [5.41, 5.74) is 1.07. The van der Waals surface area contributed by atoms with E-state index in [1.165, 1.54) is 0 Å². The smallest absolute Gasteiger partial charge is 0.407 e. The Morgan fingerprint density at radius 2 is 1.89 bits per heavy atom. The summed E-state index contributed by atoms with van der Waals surface area (Å²) < 4.78 is 17.3. The summed E-state index contributed by atoms with van der Waals surface area (Å²) in [6.07, 6.45) is 0.383. The highest BCUT2D eigenvalue weighted by Crippen LogP contribution is 2.26. The molecule has 0 spiro atoms. The molecule has 0 unspecified atom stereocenters. The molecule has 1 heterocycles. The molecule has 2 aromatic rings. The number of nitrogens with one attached hydrogen (secondary N) is 1. The fraction of sp³-hybridized carbons (Fsp3) is 0.522. The molecule has 0 radical (unpaired) electrons. The molecule has 0 aliphatic carbocycles. The molecule has 0 bridgehead atoms. The van der Waals surface area contributed by atoms with Gasteiger partial charge in [0.05, 0.1) is 18.8 Å². The summed E-state index contributed by atoms with van der Waals surface area (Å²) in [4.78, 5) is 12.5. The van der Waals surface area contributed by atoms with E-state index < -0.39 is 6.09 Å². The molecule has 5 heteroatoms. The van der Waals surface area contributed by atoms with Crippen molar-refractivity contribution < 1.29 is 19.0 Å². The van der Waals surface area contributed by atoms with Gasteiger partial charge in [-0.15, -0.1) is 0 Å². The van der Waals surface area contributed by atoms with Crippen molar-refractivity contribution in [2.45, 2.75) is 65.1 Å². The fourth-order valence-corrected chi connectivity index (χ4v) is 3.56. The molecule has 3 rings (SSSR count). The van der Waals surface area contributed by atoms with Crippen molar-refractivity contribution in [1.29, 1.82) is 0 Å². The SMILES string of the molecule is CC(C)CO[C@@H]1CC[C@@H](OC(=O)N[C@H](C)c2cccc3ccccc23)[C@H](C)O1. The maximum Gasteiger partial charge on any atom is 0.407 e. The number of benzene rings is 2. The molecule has 28 heavy (non-hydrogen) atoms. The van der Waals surface area contributed by atoms with Crippen molar-refractivity contribution in [3.05, 3.63) is 48.0 Å². The van der Waals surface area contributed by atoms with Gasteiger partial charge < -0.3 is 19.5 Å². The molecule has 1 N–H and O–H groups in total. The van der Waals surface area contributed by atoms with E-state index in [1.54, 1.807) is 0 Å². The molecule has 1 amide bonds. The third-order valence-electron chi connectivity index (χ3n) is 5.07. The lowest BCUT2D eigenvalue weighted by Crippen LogP contribution is -2.43. The maximum absolute atomic E-state index is 12.5. The summed E-state index contributed by atoms with van der Waals surface area (Å²) in [5.74, 6) is 0.467. The second-order valence-electron chi connectivity index (χ2n) is 7.95. The maximum atomic E-state index is 12.5. The highest BCUT2D eigenvalue weighted by atomic mass is 16.7. The van der Waals surface area contributed by atoms with Gasteiger partial charge >= 0.3 is 6.09 Å². The molecule has 1 aliphatic rings. The van der Waals surface area contributed by atoms with Gasteiger partial charge in [0.15, 0.2) is 6.29 Å². The van der Waals surface area contributed by atoms with Crippen LogP contribution in [-0.2, 0) is 14.2 Å². The van der Waals surface area contributed by atoms with Crippen molar-refractivity contribution >= 4 is 16.9 Å². The summed E-state index contributed by atoms with van der Waals surface area (Å²) in [7, 11) is 0. The predicted octanol–water partition coefficient (Wildman–Crippen LogP) is 5.19. The minimum Gasteiger partial charge on any atom is -0.443 e. The molecule has 0 aromatic heterocycles. The topological polar surface area (TPSA) is 56.8 Å². The van der Waals surface area contributed by atoms with E-state index in [1.807, 2.05) is 38.1 Å². The van der Waals surface area contributed by atoms with Crippen LogP contribution >= 0.6 is 0 Å². The van der Waals surface area contributed by atoms with Crippen LogP contribution in [0.15, 0.2) is 42.5 Å². The summed E-state index contributed by atoms with van der Waals surface area (Å²) >= 11 is 0. The quantitative estimate of drug-likeness (QED) is 0.743.